The lowest BCUT2D eigenvalue weighted by molar-refractivity contribution is 0.390. The van der Waals surface area contributed by atoms with Crippen LogP contribution in [0.2, 0.25) is 0 Å². The highest BCUT2D eigenvalue weighted by Gasteiger charge is 2.16. The number of ether oxygens (including phenoxy) is 1. The summed E-state index contributed by atoms with van der Waals surface area (Å²) in [5, 5.41) is 12.0. The summed E-state index contributed by atoms with van der Waals surface area (Å²) >= 11 is 0. The molecule has 1 aromatic carbocycles. The lowest BCUT2D eigenvalue weighted by Gasteiger charge is -2.14. The fourth-order valence-corrected chi connectivity index (χ4v) is 2.21. The van der Waals surface area contributed by atoms with Crippen molar-refractivity contribution in [1.29, 1.82) is 0 Å². The molecule has 0 bridgehead atoms. The van der Waals surface area contributed by atoms with Crippen LogP contribution in [0.3, 0.4) is 0 Å². The van der Waals surface area contributed by atoms with E-state index in [0.29, 0.717) is 17.4 Å². The summed E-state index contributed by atoms with van der Waals surface area (Å²) < 4.78 is 7.20. The van der Waals surface area contributed by atoms with Gasteiger partial charge in [-0.3, -0.25) is 0 Å². The van der Waals surface area contributed by atoms with Gasteiger partial charge in [0.05, 0.1) is 12.7 Å². The van der Waals surface area contributed by atoms with Crippen LogP contribution in [-0.2, 0) is 6.54 Å². The van der Waals surface area contributed by atoms with Crippen molar-refractivity contribution in [3.05, 3.63) is 18.2 Å². The van der Waals surface area contributed by atoms with E-state index in [0.717, 1.165) is 30.7 Å². The standard InChI is InChI=1S/C14H21N5O/c1-4-10(5-2)9-19-14(16-17-18-19)12-8-11(15)6-7-13(12)20-3/h6-8,10H,4-5,9,15H2,1-3H3. The van der Waals surface area contributed by atoms with Crippen molar-refractivity contribution in [2.24, 2.45) is 5.92 Å². The Bertz CT molecular complexity index is 562. The van der Waals surface area contributed by atoms with Crippen LogP contribution in [0.15, 0.2) is 18.2 Å². The zero-order chi connectivity index (χ0) is 14.5. The van der Waals surface area contributed by atoms with Gasteiger partial charge in [-0.25, -0.2) is 4.68 Å². The molecule has 0 atom stereocenters. The Morgan fingerprint density at radius 1 is 1.30 bits per heavy atom. The Morgan fingerprint density at radius 3 is 2.70 bits per heavy atom. The molecular formula is C14H21N5O. The van der Waals surface area contributed by atoms with Gasteiger partial charge in [0, 0.05) is 12.2 Å². The van der Waals surface area contributed by atoms with Gasteiger partial charge in [-0.15, -0.1) is 5.10 Å². The maximum atomic E-state index is 5.86. The van der Waals surface area contributed by atoms with E-state index in [1.165, 1.54) is 0 Å². The zero-order valence-corrected chi connectivity index (χ0v) is 12.2. The molecule has 0 unspecified atom stereocenters. The molecule has 0 radical (unpaired) electrons. The number of tetrazole rings is 1. The number of aromatic nitrogens is 4. The topological polar surface area (TPSA) is 78.9 Å². The van der Waals surface area contributed by atoms with Crippen LogP contribution in [0.25, 0.3) is 11.4 Å². The van der Waals surface area contributed by atoms with Crippen LogP contribution in [0.5, 0.6) is 5.75 Å². The van der Waals surface area contributed by atoms with Crippen molar-refractivity contribution in [3.63, 3.8) is 0 Å². The van der Waals surface area contributed by atoms with Gasteiger partial charge in [-0.05, 0) is 34.5 Å². The number of nitrogens with two attached hydrogens (primary N) is 1. The van der Waals surface area contributed by atoms with Crippen molar-refractivity contribution in [1.82, 2.24) is 20.2 Å². The fourth-order valence-electron chi connectivity index (χ4n) is 2.21. The summed E-state index contributed by atoms with van der Waals surface area (Å²) in [5.74, 6) is 1.98. The number of hydrogen-bond donors (Lipinski definition) is 1. The smallest absolute Gasteiger partial charge is 0.185 e. The van der Waals surface area contributed by atoms with Crippen molar-refractivity contribution >= 4 is 5.69 Å². The first-order chi connectivity index (χ1) is 9.69. The third-order valence-corrected chi connectivity index (χ3v) is 3.58. The van der Waals surface area contributed by atoms with Gasteiger partial charge in [0.2, 0.25) is 0 Å². The molecule has 20 heavy (non-hydrogen) atoms. The Kier molecular flexibility index (Phi) is 4.55. The predicted octanol–water partition coefficient (Wildman–Crippen LogP) is 2.37. The van der Waals surface area contributed by atoms with E-state index in [9.17, 15) is 0 Å². The highest BCUT2D eigenvalue weighted by Crippen LogP contribution is 2.30. The van der Waals surface area contributed by atoms with Crippen LogP contribution in [0.1, 0.15) is 26.7 Å². The molecule has 2 N–H and O–H groups in total. The largest absolute Gasteiger partial charge is 0.496 e. The van der Waals surface area contributed by atoms with Gasteiger partial charge in [0.1, 0.15) is 5.75 Å². The molecule has 0 saturated carbocycles. The molecule has 0 spiro atoms. The lowest BCUT2D eigenvalue weighted by atomic mass is 10.0. The Labute approximate surface area is 118 Å². The number of nitrogen functional groups attached to an aromatic ring is 1. The van der Waals surface area contributed by atoms with Gasteiger partial charge in [0.15, 0.2) is 5.82 Å². The second kappa shape index (κ2) is 6.36. The Morgan fingerprint density at radius 2 is 2.05 bits per heavy atom. The minimum atomic E-state index is 0.560. The number of methoxy groups -OCH3 is 1. The van der Waals surface area contributed by atoms with Crippen molar-refractivity contribution in [2.45, 2.75) is 33.2 Å². The number of nitrogens with zero attached hydrogens (tertiary/aromatic N) is 4. The molecule has 108 valence electrons. The molecule has 0 amide bonds. The van der Waals surface area contributed by atoms with Crippen LogP contribution >= 0.6 is 0 Å². The maximum Gasteiger partial charge on any atom is 0.185 e. The van der Waals surface area contributed by atoms with Crippen LogP contribution in [0.4, 0.5) is 5.69 Å². The SMILES string of the molecule is CCC(CC)Cn1nnnc1-c1cc(N)ccc1OC. The number of rotatable bonds is 6. The van der Waals surface area contributed by atoms with Crippen molar-refractivity contribution in [3.8, 4) is 17.1 Å². The van der Waals surface area contributed by atoms with Gasteiger partial charge in [-0.2, -0.15) is 0 Å². The van der Waals surface area contributed by atoms with Crippen LogP contribution in [0, 0.1) is 5.92 Å². The Balaban J connectivity index is 2.39. The minimum absolute atomic E-state index is 0.560. The summed E-state index contributed by atoms with van der Waals surface area (Å²) in [7, 11) is 1.63. The number of hydrogen-bond acceptors (Lipinski definition) is 5. The summed E-state index contributed by atoms with van der Waals surface area (Å²) in [4.78, 5) is 0. The zero-order valence-electron chi connectivity index (χ0n) is 12.2. The van der Waals surface area contributed by atoms with Crippen LogP contribution < -0.4 is 10.5 Å². The fraction of sp³-hybridized carbons (Fsp3) is 0.500. The van der Waals surface area contributed by atoms with Gasteiger partial charge in [-0.1, -0.05) is 26.7 Å². The van der Waals surface area contributed by atoms with E-state index in [1.807, 2.05) is 16.8 Å². The lowest BCUT2D eigenvalue weighted by Crippen LogP contribution is -2.12. The first-order valence-corrected chi connectivity index (χ1v) is 6.89. The summed E-state index contributed by atoms with van der Waals surface area (Å²) in [6.45, 7) is 5.16. The average Bonchev–Trinajstić information content (AvgIpc) is 2.92. The summed E-state index contributed by atoms with van der Waals surface area (Å²) in [5.41, 5.74) is 7.35. The summed E-state index contributed by atoms with van der Waals surface area (Å²) in [6.07, 6.45) is 2.20. The third kappa shape index (κ3) is 2.89. The summed E-state index contributed by atoms with van der Waals surface area (Å²) in [6, 6.07) is 5.48. The number of anilines is 1. The van der Waals surface area contributed by atoms with Gasteiger partial charge >= 0.3 is 0 Å². The van der Waals surface area contributed by atoms with Gasteiger partial charge in [0.25, 0.3) is 0 Å². The molecule has 0 fully saturated rings. The van der Waals surface area contributed by atoms with E-state index in [-0.39, 0.29) is 0 Å². The first kappa shape index (κ1) is 14.3. The molecule has 0 aliphatic carbocycles. The van der Waals surface area contributed by atoms with E-state index in [2.05, 4.69) is 29.4 Å². The average molecular weight is 275 g/mol. The van der Waals surface area contributed by atoms with E-state index < -0.39 is 0 Å². The Hall–Kier alpha value is -2.11. The minimum Gasteiger partial charge on any atom is -0.496 e. The van der Waals surface area contributed by atoms with E-state index >= 15 is 0 Å². The molecule has 2 rings (SSSR count). The molecule has 0 aliphatic heterocycles. The first-order valence-electron chi connectivity index (χ1n) is 6.89. The second-order valence-corrected chi connectivity index (χ2v) is 4.83. The maximum absolute atomic E-state index is 5.86. The van der Waals surface area contributed by atoms with Crippen molar-refractivity contribution < 1.29 is 4.74 Å². The second-order valence-electron chi connectivity index (χ2n) is 4.83. The molecule has 6 heteroatoms. The quantitative estimate of drug-likeness (QED) is 0.819. The monoisotopic (exact) mass is 275 g/mol. The normalized spacial score (nSPS) is 11.0. The van der Waals surface area contributed by atoms with Crippen LogP contribution in [-0.4, -0.2) is 27.3 Å². The highest BCUT2D eigenvalue weighted by atomic mass is 16.5. The molecule has 2 aromatic rings. The molecule has 6 nitrogen and oxygen atoms in total. The molecular weight excluding hydrogens is 254 g/mol. The van der Waals surface area contributed by atoms with Gasteiger partial charge < -0.3 is 10.5 Å². The molecule has 1 aromatic heterocycles. The highest BCUT2D eigenvalue weighted by molar-refractivity contribution is 5.68. The number of benzene rings is 1. The molecule has 1 heterocycles. The molecule has 0 aliphatic rings. The molecule has 0 saturated heterocycles. The third-order valence-electron chi connectivity index (χ3n) is 3.58. The van der Waals surface area contributed by atoms with E-state index in [1.54, 1.807) is 13.2 Å². The van der Waals surface area contributed by atoms with E-state index in [4.69, 9.17) is 10.5 Å². The van der Waals surface area contributed by atoms with Crippen molar-refractivity contribution in [2.75, 3.05) is 12.8 Å². The predicted molar refractivity (Wildman–Crippen MR) is 78.3 cm³/mol.